The Morgan fingerprint density at radius 3 is 3.06 bits per heavy atom. The zero-order valence-corrected chi connectivity index (χ0v) is 10.6. The molecule has 2 rings (SSSR count). The minimum Gasteiger partial charge on any atom is -0.381 e. The number of ether oxygens (including phenoxy) is 1. The van der Waals surface area contributed by atoms with Crippen molar-refractivity contribution in [3.05, 3.63) is 16.6 Å². The Morgan fingerprint density at radius 1 is 1.65 bits per heavy atom. The van der Waals surface area contributed by atoms with Gasteiger partial charge in [0.25, 0.3) is 5.91 Å². The van der Waals surface area contributed by atoms with E-state index in [4.69, 9.17) is 4.74 Å². The third-order valence-electron chi connectivity index (χ3n) is 2.39. The normalized spacial score (nSPS) is 20.4. The summed E-state index contributed by atoms with van der Waals surface area (Å²) in [4.78, 5) is 15.3. The fourth-order valence-electron chi connectivity index (χ4n) is 1.58. The molecule has 0 saturated carbocycles. The second kappa shape index (κ2) is 5.11. The molecule has 17 heavy (non-hydrogen) atoms. The maximum atomic E-state index is 11.7. The second-order valence-corrected chi connectivity index (χ2v) is 6.30. The maximum Gasteiger partial charge on any atom is 0.284 e. The van der Waals surface area contributed by atoms with Crippen LogP contribution in [0.25, 0.3) is 0 Å². The van der Waals surface area contributed by atoms with Crippen LogP contribution in [0.5, 0.6) is 0 Å². The fourth-order valence-corrected chi connectivity index (χ4v) is 3.47. The van der Waals surface area contributed by atoms with Crippen molar-refractivity contribution in [2.24, 2.45) is 5.92 Å². The molecule has 1 N–H and O–H groups in total. The van der Waals surface area contributed by atoms with Crippen LogP contribution in [-0.2, 0) is 14.8 Å². The van der Waals surface area contributed by atoms with Crippen molar-refractivity contribution >= 4 is 27.3 Å². The van der Waals surface area contributed by atoms with Gasteiger partial charge < -0.3 is 4.74 Å². The van der Waals surface area contributed by atoms with Gasteiger partial charge in [-0.1, -0.05) is 0 Å². The van der Waals surface area contributed by atoms with Gasteiger partial charge in [-0.15, -0.1) is 11.3 Å². The van der Waals surface area contributed by atoms with Crippen molar-refractivity contribution in [3.63, 3.8) is 0 Å². The maximum absolute atomic E-state index is 11.7. The lowest BCUT2D eigenvalue weighted by Gasteiger charge is -2.09. The van der Waals surface area contributed by atoms with Gasteiger partial charge in [0.15, 0.2) is 0 Å². The van der Waals surface area contributed by atoms with Crippen LogP contribution in [0.2, 0.25) is 0 Å². The molecule has 0 aromatic carbocycles. The SMILES string of the molecule is O=C(NS(=O)(=O)C[C@@H]1CCOC1)c1cscn1. The molecule has 94 valence electrons. The van der Waals surface area contributed by atoms with Gasteiger partial charge in [0.05, 0.1) is 17.9 Å². The molecule has 2 heterocycles. The first-order valence-electron chi connectivity index (χ1n) is 5.07. The van der Waals surface area contributed by atoms with Crippen LogP contribution in [0.3, 0.4) is 0 Å². The van der Waals surface area contributed by atoms with E-state index in [-0.39, 0.29) is 17.4 Å². The van der Waals surface area contributed by atoms with Crippen molar-refractivity contribution in [2.75, 3.05) is 19.0 Å². The summed E-state index contributed by atoms with van der Waals surface area (Å²) < 4.78 is 30.5. The minimum absolute atomic E-state index is 0.0317. The fraction of sp³-hybridized carbons (Fsp3) is 0.556. The van der Waals surface area contributed by atoms with E-state index in [9.17, 15) is 13.2 Å². The number of carbonyl (C=O) groups excluding carboxylic acids is 1. The predicted octanol–water partition coefficient (Wildman–Crippen LogP) is 0.239. The summed E-state index contributed by atoms with van der Waals surface area (Å²) >= 11 is 1.24. The average molecular weight is 276 g/mol. The monoisotopic (exact) mass is 276 g/mol. The predicted molar refractivity (Wildman–Crippen MR) is 62.3 cm³/mol. The molecule has 0 aliphatic carbocycles. The molecule has 1 aromatic heterocycles. The van der Waals surface area contributed by atoms with Crippen LogP contribution >= 0.6 is 11.3 Å². The average Bonchev–Trinajstić information content (AvgIpc) is 2.85. The lowest BCUT2D eigenvalue weighted by Crippen LogP contribution is -2.35. The lowest BCUT2D eigenvalue weighted by molar-refractivity contribution is 0.0977. The molecule has 0 unspecified atom stereocenters. The molecule has 1 aromatic rings. The lowest BCUT2D eigenvalue weighted by atomic mass is 10.2. The highest BCUT2D eigenvalue weighted by Crippen LogP contribution is 2.14. The zero-order chi connectivity index (χ0) is 12.3. The van der Waals surface area contributed by atoms with Gasteiger partial charge in [-0.25, -0.2) is 18.1 Å². The summed E-state index contributed by atoms with van der Waals surface area (Å²) in [7, 11) is -3.61. The van der Waals surface area contributed by atoms with Gasteiger partial charge in [0.1, 0.15) is 5.69 Å². The number of hydrogen-bond donors (Lipinski definition) is 1. The number of nitrogens with one attached hydrogen (secondary N) is 1. The van der Waals surface area contributed by atoms with E-state index in [1.54, 1.807) is 0 Å². The van der Waals surface area contributed by atoms with Crippen molar-refractivity contribution < 1.29 is 17.9 Å². The first kappa shape index (κ1) is 12.5. The Kier molecular flexibility index (Phi) is 3.75. The number of carbonyl (C=O) groups is 1. The smallest absolute Gasteiger partial charge is 0.284 e. The molecular weight excluding hydrogens is 264 g/mol. The Balaban J connectivity index is 1.95. The van der Waals surface area contributed by atoms with Crippen molar-refractivity contribution in [3.8, 4) is 0 Å². The molecular formula is C9H12N2O4S2. The Hall–Kier alpha value is -0.990. The second-order valence-electron chi connectivity index (χ2n) is 3.82. The van der Waals surface area contributed by atoms with Crippen molar-refractivity contribution in [1.29, 1.82) is 0 Å². The van der Waals surface area contributed by atoms with Crippen molar-refractivity contribution in [2.45, 2.75) is 6.42 Å². The third kappa shape index (κ3) is 3.48. The van der Waals surface area contributed by atoms with E-state index in [1.807, 2.05) is 4.72 Å². The van der Waals surface area contributed by atoms with Gasteiger partial charge in [0, 0.05) is 17.9 Å². The number of hydrogen-bond acceptors (Lipinski definition) is 6. The van der Waals surface area contributed by atoms with Gasteiger partial charge in [0.2, 0.25) is 10.0 Å². The van der Waals surface area contributed by atoms with Crippen LogP contribution in [-0.4, -0.2) is 38.3 Å². The van der Waals surface area contributed by atoms with Crippen LogP contribution in [0, 0.1) is 5.92 Å². The van der Waals surface area contributed by atoms with E-state index in [1.165, 1.54) is 22.2 Å². The first-order chi connectivity index (χ1) is 8.07. The molecule has 1 atom stereocenters. The highest BCUT2D eigenvalue weighted by Gasteiger charge is 2.25. The van der Waals surface area contributed by atoms with Gasteiger partial charge >= 0.3 is 0 Å². The molecule has 8 heteroatoms. The molecule has 1 fully saturated rings. The molecule has 1 saturated heterocycles. The van der Waals surface area contributed by atoms with Gasteiger partial charge in [-0.3, -0.25) is 4.79 Å². The summed E-state index contributed by atoms with van der Waals surface area (Å²) in [6.45, 7) is 1.02. The summed E-state index contributed by atoms with van der Waals surface area (Å²) in [5, 5.41) is 1.50. The van der Waals surface area contributed by atoms with E-state index in [0.717, 1.165) is 0 Å². The summed E-state index contributed by atoms with van der Waals surface area (Å²) in [5.74, 6) is -0.788. The minimum atomic E-state index is -3.61. The number of sulfonamides is 1. The van der Waals surface area contributed by atoms with Gasteiger partial charge in [-0.2, -0.15) is 0 Å². The summed E-state index contributed by atoms with van der Waals surface area (Å²) in [6, 6.07) is 0. The molecule has 0 bridgehead atoms. The summed E-state index contributed by atoms with van der Waals surface area (Å²) in [6.07, 6.45) is 0.714. The van der Waals surface area contributed by atoms with E-state index < -0.39 is 15.9 Å². The van der Waals surface area contributed by atoms with Crippen LogP contribution < -0.4 is 4.72 Å². The van der Waals surface area contributed by atoms with E-state index >= 15 is 0 Å². The molecule has 1 aliphatic heterocycles. The zero-order valence-electron chi connectivity index (χ0n) is 8.96. The molecule has 1 amide bonds. The number of aromatic nitrogens is 1. The summed E-state index contributed by atoms with van der Waals surface area (Å²) in [5.41, 5.74) is 1.60. The number of rotatable bonds is 4. The Morgan fingerprint density at radius 2 is 2.47 bits per heavy atom. The van der Waals surface area contributed by atoms with Gasteiger partial charge in [-0.05, 0) is 6.42 Å². The molecule has 1 aliphatic rings. The van der Waals surface area contributed by atoms with E-state index in [2.05, 4.69) is 4.98 Å². The molecule has 0 radical (unpaired) electrons. The Bertz CT molecular complexity index is 477. The van der Waals surface area contributed by atoms with Crippen LogP contribution in [0.4, 0.5) is 0 Å². The van der Waals surface area contributed by atoms with E-state index in [0.29, 0.717) is 19.6 Å². The van der Waals surface area contributed by atoms with Crippen molar-refractivity contribution in [1.82, 2.24) is 9.71 Å². The highest BCUT2D eigenvalue weighted by atomic mass is 32.2. The number of thiazole rings is 1. The quantitative estimate of drug-likeness (QED) is 0.851. The molecule has 6 nitrogen and oxygen atoms in total. The largest absolute Gasteiger partial charge is 0.381 e. The molecule has 0 spiro atoms. The standard InChI is InChI=1S/C9H12N2O4S2/c12-9(8-4-16-6-10-8)11-17(13,14)5-7-1-2-15-3-7/h4,6-7H,1-3,5H2,(H,11,12)/t7-/m1/s1. The highest BCUT2D eigenvalue weighted by molar-refractivity contribution is 7.90. The number of nitrogens with zero attached hydrogens (tertiary/aromatic N) is 1. The Labute approximate surface area is 103 Å². The number of amides is 1. The topological polar surface area (TPSA) is 85.4 Å². The third-order valence-corrected chi connectivity index (χ3v) is 4.39. The van der Waals surface area contributed by atoms with Crippen LogP contribution in [0.1, 0.15) is 16.9 Å². The first-order valence-corrected chi connectivity index (χ1v) is 7.67. The van der Waals surface area contributed by atoms with Crippen LogP contribution in [0.15, 0.2) is 10.9 Å².